The SMILES string of the molecule is C=C1COC(C(F)(F)F)(S(=O)(=O)NS(=O)(=O)C(F)(F)F)NC1=O. The van der Waals surface area contributed by atoms with Crippen LogP contribution in [0.5, 0.6) is 0 Å². The highest BCUT2D eigenvalue weighted by atomic mass is 32.3. The number of nitrogens with one attached hydrogen (secondary N) is 2. The van der Waals surface area contributed by atoms with E-state index in [1.165, 1.54) is 0 Å². The van der Waals surface area contributed by atoms with E-state index in [0.717, 1.165) is 5.32 Å². The molecule has 0 aromatic heterocycles. The molecule has 0 spiro atoms. The van der Waals surface area contributed by atoms with Crippen molar-refractivity contribution in [1.29, 1.82) is 0 Å². The van der Waals surface area contributed by atoms with Crippen LogP contribution in [0.3, 0.4) is 0 Å². The van der Waals surface area contributed by atoms with E-state index in [4.69, 9.17) is 0 Å². The summed E-state index contributed by atoms with van der Waals surface area (Å²) in [6.45, 7) is 1.60. The highest BCUT2D eigenvalue weighted by Crippen LogP contribution is 2.39. The van der Waals surface area contributed by atoms with Crippen molar-refractivity contribution in [1.82, 2.24) is 9.44 Å². The van der Waals surface area contributed by atoms with Crippen LogP contribution in [0, 0.1) is 0 Å². The zero-order valence-electron chi connectivity index (χ0n) is 10.4. The van der Waals surface area contributed by atoms with Crippen molar-refractivity contribution in [2.24, 2.45) is 0 Å². The lowest BCUT2D eigenvalue weighted by atomic mass is 10.2. The molecule has 1 rings (SSSR count). The standard InChI is InChI=1S/C7H6F6N2O6S2/c1-3-2-21-6(5(8,9)10,14-4(3)16)22(17,18)15-23(19,20)7(11,12)13/h15H,1-2H2,(H,14,16). The smallest absolute Gasteiger partial charge is 0.329 e. The minimum absolute atomic E-state index is 0.145. The van der Waals surface area contributed by atoms with Crippen LogP contribution < -0.4 is 9.44 Å². The van der Waals surface area contributed by atoms with Gasteiger partial charge in [-0.1, -0.05) is 10.7 Å². The molecule has 0 radical (unpaired) electrons. The van der Waals surface area contributed by atoms with Gasteiger partial charge in [-0.05, 0) is 0 Å². The molecule has 0 aromatic carbocycles. The predicted molar refractivity (Wildman–Crippen MR) is 59.1 cm³/mol. The fourth-order valence-corrected chi connectivity index (χ4v) is 3.98. The Kier molecular flexibility index (Phi) is 4.54. The Morgan fingerprint density at radius 2 is 1.61 bits per heavy atom. The first kappa shape index (κ1) is 19.7. The third-order valence-corrected chi connectivity index (χ3v) is 5.90. The molecule has 0 aromatic rings. The van der Waals surface area contributed by atoms with E-state index >= 15 is 0 Å². The van der Waals surface area contributed by atoms with Crippen LogP contribution in [0.15, 0.2) is 12.2 Å². The molecular formula is C7H6F6N2O6S2. The highest BCUT2D eigenvalue weighted by molar-refractivity contribution is 8.05. The summed E-state index contributed by atoms with van der Waals surface area (Å²) >= 11 is 0. The second kappa shape index (κ2) is 5.32. The van der Waals surface area contributed by atoms with Gasteiger partial charge in [0, 0.05) is 5.57 Å². The number of carbonyl (C=O) groups is 1. The molecule has 8 nitrogen and oxygen atoms in total. The van der Waals surface area contributed by atoms with Gasteiger partial charge in [0.25, 0.3) is 15.9 Å². The van der Waals surface area contributed by atoms with Gasteiger partial charge in [-0.2, -0.15) is 26.3 Å². The summed E-state index contributed by atoms with van der Waals surface area (Å²) in [4.78, 5) is 11.2. The zero-order chi connectivity index (χ0) is 18.5. The Morgan fingerprint density at radius 1 is 1.13 bits per heavy atom. The fourth-order valence-electron chi connectivity index (χ4n) is 1.23. The number of hydrogen-bond acceptors (Lipinski definition) is 6. The highest BCUT2D eigenvalue weighted by Gasteiger charge is 2.70. The Bertz CT molecular complexity index is 738. The van der Waals surface area contributed by atoms with E-state index in [1.807, 2.05) is 0 Å². The molecule has 1 aliphatic rings. The molecule has 1 heterocycles. The van der Waals surface area contributed by atoms with Gasteiger partial charge in [0.15, 0.2) is 0 Å². The summed E-state index contributed by atoms with van der Waals surface area (Å²) in [5.41, 5.74) is -6.89. The molecule has 1 amide bonds. The fraction of sp³-hybridized carbons (Fsp3) is 0.571. The number of hydrogen-bond donors (Lipinski definition) is 2. The summed E-state index contributed by atoms with van der Waals surface area (Å²) in [7, 11) is -13.2. The molecule has 0 bridgehead atoms. The molecule has 1 unspecified atom stereocenters. The Morgan fingerprint density at radius 3 is 1.96 bits per heavy atom. The van der Waals surface area contributed by atoms with Gasteiger partial charge in [-0.15, -0.1) is 0 Å². The maximum absolute atomic E-state index is 13.0. The molecule has 16 heteroatoms. The quantitative estimate of drug-likeness (QED) is 0.502. The Labute approximate surface area is 124 Å². The summed E-state index contributed by atoms with van der Waals surface area (Å²) in [6.07, 6.45) is -6.02. The number of alkyl halides is 6. The van der Waals surface area contributed by atoms with Crippen LogP contribution in [0.1, 0.15) is 0 Å². The van der Waals surface area contributed by atoms with Crippen LogP contribution in [0.4, 0.5) is 26.3 Å². The van der Waals surface area contributed by atoms with Gasteiger partial charge < -0.3 is 10.1 Å². The molecule has 0 saturated carbocycles. The van der Waals surface area contributed by atoms with Crippen LogP contribution in [0.25, 0.3) is 0 Å². The predicted octanol–water partition coefficient (Wildman–Crippen LogP) is -0.326. The first-order chi connectivity index (χ1) is 9.97. The Balaban J connectivity index is 3.46. The van der Waals surface area contributed by atoms with Gasteiger partial charge >= 0.3 is 26.8 Å². The van der Waals surface area contributed by atoms with Crippen LogP contribution >= 0.6 is 0 Å². The molecule has 1 atom stereocenters. The van der Waals surface area contributed by atoms with Crippen molar-refractivity contribution in [3.63, 3.8) is 0 Å². The average Bonchev–Trinajstić information content (AvgIpc) is 2.28. The molecule has 134 valence electrons. The first-order valence-electron chi connectivity index (χ1n) is 5.02. The second-order valence-corrected chi connectivity index (χ2v) is 7.71. The molecule has 1 aliphatic heterocycles. The van der Waals surface area contributed by atoms with Gasteiger partial charge in [-0.3, -0.25) is 4.79 Å². The lowest BCUT2D eigenvalue weighted by molar-refractivity contribution is -0.253. The number of ether oxygens (including phenoxy) is 1. The second-order valence-electron chi connectivity index (χ2n) is 4.00. The summed E-state index contributed by atoms with van der Waals surface area (Å²) in [6, 6.07) is 0. The van der Waals surface area contributed by atoms with Crippen molar-refractivity contribution >= 4 is 26.0 Å². The van der Waals surface area contributed by atoms with Crippen molar-refractivity contribution in [3.05, 3.63) is 12.2 Å². The lowest BCUT2D eigenvalue weighted by Gasteiger charge is -2.37. The summed E-state index contributed by atoms with van der Waals surface area (Å²) in [5.74, 6) is -1.71. The number of amides is 1. The molecule has 1 saturated heterocycles. The van der Waals surface area contributed by atoms with Crippen molar-refractivity contribution < 1.29 is 52.7 Å². The van der Waals surface area contributed by atoms with E-state index in [-0.39, 0.29) is 4.13 Å². The maximum Gasteiger partial charge on any atom is 0.512 e. The molecule has 1 fully saturated rings. The van der Waals surface area contributed by atoms with Gasteiger partial charge in [0.1, 0.15) is 0 Å². The Hall–Kier alpha value is -1.39. The minimum Gasteiger partial charge on any atom is -0.329 e. The van der Waals surface area contributed by atoms with Gasteiger partial charge in [0.05, 0.1) is 6.61 Å². The van der Waals surface area contributed by atoms with E-state index in [0.29, 0.717) is 0 Å². The topological polar surface area (TPSA) is 119 Å². The molecule has 23 heavy (non-hydrogen) atoms. The van der Waals surface area contributed by atoms with Crippen LogP contribution in [-0.4, -0.2) is 46.1 Å². The third kappa shape index (κ3) is 3.29. The van der Waals surface area contributed by atoms with Crippen molar-refractivity contribution in [3.8, 4) is 0 Å². The first-order valence-corrected chi connectivity index (χ1v) is 7.99. The van der Waals surface area contributed by atoms with Crippen molar-refractivity contribution in [2.45, 2.75) is 16.7 Å². The number of carbonyl (C=O) groups excluding carboxylic acids is 1. The molecular weight excluding hydrogens is 386 g/mol. The van der Waals surface area contributed by atoms with Crippen LogP contribution in [0.2, 0.25) is 0 Å². The molecule has 2 N–H and O–H groups in total. The van der Waals surface area contributed by atoms with E-state index in [2.05, 4.69) is 11.3 Å². The number of sulfonamides is 2. The average molecular weight is 392 g/mol. The normalized spacial score (nSPS) is 24.4. The number of halogens is 6. The van der Waals surface area contributed by atoms with E-state index in [9.17, 15) is 48.0 Å². The summed E-state index contributed by atoms with van der Waals surface area (Å²) in [5, 5.41) is -3.97. The number of rotatable bonds is 3. The van der Waals surface area contributed by atoms with E-state index in [1.54, 1.807) is 0 Å². The van der Waals surface area contributed by atoms with E-state index < -0.39 is 54.9 Å². The van der Waals surface area contributed by atoms with Crippen molar-refractivity contribution in [2.75, 3.05) is 6.61 Å². The lowest BCUT2D eigenvalue weighted by Crippen LogP contribution is -2.71. The zero-order valence-corrected chi connectivity index (χ0v) is 12.1. The van der Waals surface area contributed by atoms with Gasteiger partial charge in [-0.25, -0.2) is 16.8 Å². The van der Waals surface area contributed by atoms with Crippen LogP contribution in [-0.2, 0) is 29.6 Å². The minimum atomic E-state index is -6.73. The largest absolute Gasteiger partial charge is 0.512 e. The monoisotopic (exact) mass is 392 g/mol. The summed E-state index contributed by atoms with van der Waals surface area (Å²) < 4.78 is 124. The molecule has 0 aliphatic carbocycles. The maximum atomic E-state index is 13.0. The third-order valence-electron chi connectivity index (χ3n) is 2.32. The van der Waals surface area contributed by atoms with Gasteiger partial charge in [0.2, 0.25) is 0 Å².